The van der Waals surface area contributed by atoms with Crippen molar-refractivity contribution >= 4 is 35.1 Å². The lowest BCUT2D eigenvalue weighted by molar-refractivity contribution is -0.146. The lowest BCUT2D eigenvalue weighted by Crippen LogP contribution is -2.32. The van der Waals surface area contributed by atoms with Gasteiger partial charge in [0.05, 0.1) is 0 Å². The van der Waals surface area contributed by atoms with Gasteiger partial charge in [-0.05, 0) is 48.2 Å². The average molecular weight is 403 g/mol. The molecule has 2 aromatic carbocycles. The van der Waals surface area contributed by atoms with E-state index in [0.29, 0.717) is 10.6 Å². The van der Waals surface area contributed by atoms with Crippen molar-refractivity contribution in [3.8, 4) is 0 Å². The van der Waals surface area contributed by atoms with Gasteiger partial charge < -0.3 is 15.4 Å². The minimum absolute atomic E-state index is 0.333. The summed E-state index contributed by atoms with van der Waals surface area (Å²) in [6.45, 7) is 3.26. The van der Waals surface area contributed by atoms with Crippen LogP contribution in [0.2, 0.25) is 5.02 Å². The van der Waals surface area contributed by atoms with Crippen LogP contribution in [-0.2, 0) is 27.2 Å². The molecule has 0 unspecified atom stereocenters. The number of ether oxygens (including phenoxy) is 1. The van der Waals surface area contributed by atoms with Crippen LogP contribution in [0.4, 0.5) is 5.69 Å². The lowest BCUT2D eigenvalue weighted by Gasteiger charge is -2.14. The van der Waals surface area contributed by atoms with Gasteiger partial charge in [0, 0.05) is 16.3 Å². The molecule has 0 aliphatic heterocycles. The summed E-state index contributed by atoms with van der Waals surface area (Å²) in [7, 11) is 0. The molecule has 2 N–H and O–H groups in total. The largest absolute Gasteiger partial charge is 0.454 e. The predicted molar refractivity (Wildman–Crippen MR) is 109 cm³/mol. The normalized spacial score (nSPS) is 10.2. The maximum Gasteiger partial charge on any atom is 0.325 e. The monoisotopic (exact) mass is 402 g/mol. The highest BCUT2D eigenvalue weighted by Crippen LogP contribution is 2.22. The Morgan fingerprint density at radius 2 is 1.57 bits per heavy atom. The Balaban J connectivity index is 1.82. The number of hydrogen-bond acceptors (Lipinski definition) is 4. The Kier molecular flexibility index (Phi) is 8.02. The SMILES string of the molecule is CCc1cccc(CC)c1NC(=O)COC(=O)CNC(=O)c1ccc(Cl)cc1. The second-order valence-corrected chi connectivity index (χ2v) is 6.49. The van der Waals surface area contributed by atoms with Crippen molar-refractivity contribution in [2.45, 2.75) is 26.7 Å². The highest BCUT2D eigenvalue weighted by molar-refractivity contribution is 6.30. The van der Waals surface area contributed by atoms with E-state index in [1.54, 1.807) is 24.3 Å². The van der Waals surface area contributed by atoms with E-state index in [2.05, 4.69) is 10.6 Å². The van der Waals surface area contributed by atoms with Crippen molar-refractivity contribution in [3.05, 3.63) is 64.2 Å². The topological polar surface area (TPSA) is 84.5 Å². The number of aryl methyl sites for hydroxylation is 2. The number of halogens is 1. The zero-order chi connectivity index (χ0) is 20.5. The first-order chi connectivity index (χ1) is 13.4. The first-order valence-electron chi connectivity index (χ1n) is 9.04. The lowest BCUT2D eigenvalue weighted by atomic mass is 10.0. The highest BCUT2D eigenvalue weighted by Gasteiger charge is 2.13. The molecule has 2 rings (SSSR count). The fourth-order valence-corrected chi connectivity index (χ4v) is 2.76. The van der Waals surface area contributed by atoms with Crippen LogP contribution < -0.4 is 10.6 Å². The molecule has 2 amide bonds. The number of carbonyl (C=O) groups excluding carboxylic acids is 3. The maximum atomic E-state index is 12.2. The number of carbonyl (C=O) groups is 3. The molecule has 6 nitrogen and oxygen atoms in total. The summed E-state index contributed by atoms with van der Waals surface area (Å²) in [5, 5.41) is 5.77. The van der Waals surface area contributed by atoms with Gasteiger partial charge in [0.25, 0.3) is 11.8 Å². The van der Waals surface area contributed by atoms with Crippen LogP contribution >= 0.6 is 11.6 Å². The summed E-state index contributed by atoms with van der Waals surface area (Å²) in [6, 6.07) is 12.1. The van der Waals surface area contributed by atoms with Crippen molar-refractivity contribution < 1.29 is 19.1 Å². The quantitative estimate of drug-likeness (QED) is 0.663. The number of benzene rings is 2. The first-order valence-corrected chi connectivity index (χ1v) is 9.42. The van der Waals surface area contributed by atoms with E-state index in [9.17, 15) is 14.4 Å². The summed E-state index contributed by atoms with van der Waals surface area (Å²) in [4.78, 5) is 35.9. The average Bonchev–Trinajstić information content (AvgIpc) is 2.71. The highest BCUT2D eigenvalue weighted by atomic mass is 35.5. The second-order valence-electron chi connectivity index (χ2n) is 6.06. The Morgan fingerprint density at radius 3 is 2.14 bits per heavy atom. The third-order valence-electron chi connectivity index (χ3n) is 4.13. The van der Waals surface area contributed by atoms with Gasteiger partial charge in [-0.2, -0.15) is 0 Å². The van der Waals surface area contributed by atoms with Gasteiger partial charge in [-0.3, -0.25) is 14.4 Å². The Hall–Kier alpha value is -2.86. The predicted octanol–water partition coefficient (Wildman–Crippen LogP) is 3.38. The fourth-order valence-electron chi connectivity index (χ4n) is 2.63. The number of nitrogens with one attached hydrogen (secondary N) is 2. The molecule has 0 spiro atoms. The van der Waals surface area contributed by atoms with Crippen LogP contribution in [0.25, 0.3) is 0 Å². The molecule has 0 fully saturated rings. The van der Waals surface area contributed by atoms with Crippen LogP contribution in [-0.4, -0.2) is 30.9 Å². The molecular formula is C21H23ClN2O4. The Labute approximate surface area is 169 Å². The molecule has 28 heavy (non-hydrogen) atoms. The summed E-state index contributed by atoms with van der Waals surface area (Å²) in [5.41, 5.74) is 3.19. The number of rotatable bonds is 8. The standard InChI is InChI=1S/C21H23ClN2O4/c1-3-14-6-5-7-15(4-2)20(14)24-18(25)13-28-19(26)12-23-21(27)16-8-10-17(22)11-9-16/h5-11H,3-4,12-13H2,1-2H3,(H,23,27)(H,24,25). The molecule has 0 saturated heterocycles. The molecule has 2 aromatic rings. The molecule has 0 radical (unpaired) electrons. The summed E-state index contributed by atoms with van der Waals surface area (Å²) >= 11 is 5.77. The third kappa shape index (κ3) is 6.09. The summed E-state index contributed by atoms with van der Waals surface area (Å²) < 4.78 is 4.94. The van der Waals surface area contributed by atoms with E-state index in [-0.39, 0.29) is 6.54 Å². The summed E-state index contributed by atoms with van der Waals surface area (Å²) in [5.74, 6) is -1.55. The van der Waals surface area contributed by atoms with Gasteiger partial charge in [0.1, 0.15) is 6.54 Å². The molecule has 0 bridgehead atoms. The van der Waals surface area contributed by atoms with Crippen LogP contribution in [0.15, 0.2) is 42.5 Å². The molecule has 0 atom stereocenters. The van der Waals surface area contributed by atoms with Crippen LogP contribution in [0.1, 0.15) is 35.3 Å². The molecular weight excluding hydrogens is 380 g/mol. The van der Waals surface area contributed by atoms with Crippen molar-refractivity contribution in [1.82, 2.24) is 5.32 Å². The number of esters is 1. The third-order valence-corrected chi connectivity index (χ3v) is 4.38. The van der Waals surface area contributed by atoms with Crippen molar-refractivity contribution in [1.29, 1.82) is 0 Å². The van der Waals surface area contributed by atoms with Gasteiger partial charge in [0.2, 0.25) is 0 Å². The number of anilines is 1. The van der Waals surface area contributed by atoms with Crippen molar-refractivity contribution in [2.75, 3.05) is 18.5 Å². The van der Waals surface area contributed by atoms with E-state index in [1.165, 1.54) is 0 Å². The van der Waals surface area contributed by atoms with Gasteiger partial charge >= 0.3 is 5.97 Å². The molecule has 148 valence electrons. The van der Waals surface area contributed by atoms with E-state index in [4.69, 9.17) is 16.3 Å². The molecule has 0 aromatic heterocycles. The smallest absolute Gasteiger partial charge is 0.325 e. The van der Waals surface area contributed by atoms with Crippen LogP contribution in [0, 0.1) is 0 Å². The second kappa shape index (κ2) is 10.5. The molecule has 7 heteroatoms. The number of amides is 2. The van der Waals surface area contributed by atoms with Gasteiger partial charge in [-0.15, -0.1) is 0 Å². The number of para-hydroxylation sites is 1. The fraction of sp³-hybridized carbons (Fsp3) is 0.286. The maximum absolute atomic E-state index is 12.2. The zero-order valence-corrected chi connectivity index (χ0v) is 16.6. The molecule has 0 heterocycles. The molecule has 0 saturated carbocycles. The van der Waals surface area contributed by atoms with Gasteiger partial charge in [0.15, 0.2) is 6.61 Å². The minimum Gasteiger partial charge on any atom is -0.454 e. The Morgan fingerprint density at radius 1 is 0.964 bits per heavy atom. The van der Waals surface area contributed by atoms with Crippen LogP contribution in [0.5, 0.6) is 0 Å². The van der Waals surface area contributed by atoms with Gasteiger partial charge in [-0.25, -0.2) is 0 Å². The minimum atomic E-state index is -0.697. The van der Waals surface area contributed by atoms with E-state index in [1.807, 2.05) is 32.0 Å². The van der Waals surface area contributed by atoms with Crippen molar-refractivity contribution in [2.24, 2.45) is 0 Å². The van der Waals surface area contributed by atoms with Crippen LogP contribution in [0.3, 0.4) is 0 Å². The van der Waals surface area contributed by atoms with E-state index in [0.717, 1.165) is 29.7 Å². The Bertz CT molecular complexity index is 828. The first kappa shape index (κ1) is 21.4. The summed E-state index contributed by atoms with van der Waals surface area (Å²) in [6.07, 6.45) is 1.56. The van der Waals surface area contributed by atoms with E-state index >= 15 is 0 Å². The van der Waals surface area contributed by atoms with Crippen molar-refractivity contribution in [3.63, 3.8) is 0 Å². The number of hydrogen-bond donors (Lipinski definition) is 2. The molecule has 0 aliphatic carbocycles. The van der Waals surface area contributed by atoms with Gasteiger partial charge in [-0.1, -0.05) is 43.6 Å². The molecule has 0 aliphatic rings. The zero-order valence-electron chi connectivity index (χ0n) is 15.9. The van der Waals surface area contributed by atoms with E-state index < -0.39 is 24.4 Å².